The van der Waals surface area contributed by atoms with Crippen LogP contribution < -0.4 is 10.1 Å². The number of ether oxygens (including phenoxy) is 2. The molecule has 5 nitrogen and oxygen atoms in total. The Kier molecular flexibility index (Phi) is 5.55. The maximum atomic E-state index is 13.0. The summed E-state index contributed by atoms with van der Waals surface area (Å²) in [5, 5.41) is 6.51. The van der Waals surface area contributed by atoms with Crippen LogP contribution in [0.4, 0.5) is 5.69 Å². The molecule has 4 aromatic carbocycles. The van der Waals surface area contributed by atoms with Crippen LogP contribution in [-0.2, 0) is 9.53 Å². The molecule has 4 aromatic rings. The third kappa shape index (κ3) is 3.93. The third-order valence-electron chi connectivity index (χ3n) is 4.75. The lowest BCUT2D eigenvalue weighted by atomic mass is 9.97. The summed E-state index contributed by atoms with van der Waals surface area (Å²) in [4.78, 5) is 25.3. The molecule has 0 heterocycles. The van der Waals surface area contributed by atoms with Crippen LogP contribution in [0.3, 0.4) is 0 Å². The number of esters is 1. The topological polar surface area (TPSA) is 64.6 Å². The summed E-state index contributed by atoms with van der Waals surface area (Å²) in [6, 6.07) is 22.1. The molecule has 150 valence electrons. The average molecular weight is 420 g/mol. The highest BCUT2D eigenvalue weighted by Crippen LogP contribution is 2.30. The van der Waals surface area contributed by atoms with E-state index in [4.69, 9.17) is 21.1 Å². The van der Waals surface area contributed by atoms with Crippen molar-refractivity contribution in [2.75, 3.05) is 19.0 Å². The van der Waals surface area contributed by atoms with Crippen molar-refractivity contribution >= 4 is 50.7 Å². The lowest BCUT2D eigenvalue weighted by Crippen LogP contribution is -2.21. The fourth-order valence-corrected chi connectivity index (χ4v) is 3.57. The summed E-state index contributed by atoms with van der Waals surface area (Å²) in [5.74, 6) is -0.594. The fraction of sp³-hybridized carbons (Fsp3) is 0.0833. The number of hydrogen-bond acceptors (Lipinski definition) is 4. The molecule has 0 aliphatic rings. The van der Waals surface area contributed by atoms with Gasteiger partial charge in [0, 0.05) is 5.02 Å². The number of hydrogen-bond donors (Lipinski definition) is 1. The second kappa shape index (κ2) is 8.43. The molecule has 0 fully saturated rings. The molecule has 0 aliphatic heterocycles. The lowest BCUT2D eigenvalue weighted by molar-refractivity contribution is -0.119. The van der Waals surface area contributed by atoms with Gasteiger partial charge in [0.25, 0.3) is 5.91 Å². The van der Waals surface area contributed by atoms with Crippen molar-refractivity contribution in [3.05, 3.63) is 83.4 Å². The molecular weight excluding hydrogens is 402 g/mol. The molecule has 0 radical (unpaired) electrons. The Labute approximate surface area is 178 Å². The van der Waals surface area contributed by atoms with E-state index in [2.05, 4.69) is 5.32 Å². The largest absolute Gasteiger partial charge is 0.495 e. The molecule has 0 atom stereocenters. The fourth-order valence-electron chi connectivity index (χ4n) is 3.40. The number of carbonyl (C=O) groups excluding carboxylic acids is 2. The van der Waals surface area contributed by atoms with E-state index in [1.165, 1.54) is 7.11 Å². The summed E-state index contributed by atoms with van der Waals surface area (Å²) in [5.41, 5.74) is 0.846. The van der Waals surface area contributed by atoms with Gasteiger partial charge in [0.15, 0.2) is 6.61 Å². The van der Waals surface area contributed by atoms with Crippen LogP contribution >= 0.6 is 11.6 Å². The smallest absolute Gasteiger partial charge is 0.339 e. The Morgan fingerprint density at radius 2 is 1.53 bits per heavy atom. The number of carbonyl (C=O) groups is 2. The first-order valence-electron chi connectivity index (χ1n) is 9.28. The molecule has 0 aliphatic carbocycles. The molecule has 0 saturated carbocycles. The van der Waals surface area contributed by atoms with Crippen LogP contribution in [0.15, 0.2) is 72.8 Å². The van der Waals surface area contributed by atoms with Gasteiger partial charge in [-0.25, -0.2) is 4.79 Å². The number of fused-ring (bicyclic) bond motifs is 2. The number of rotatable bonds is 5. The number of amides is 1. The molecule has 0 bridgehead atoms. The molecule has 4 rings (SSSR count). The summed E-state index contributed by atoms with van der Waals surface area (Å²) in [6.45, 7) is -0.438. The van der Waals surface area contributed by atoms with Crippen LogP contribution in [0.5, 0.6) is 5.75 Å². The van der Waals surface area contributed by atoms with E-state index in [1.807, 2.05) is 54.6 Å². The van der Waals surface area contributed by atoms with Crippen molar-refractivity contribution < 1.29 is 19.1 Å². The standard InChI is InChI=1S/C24H18ClNO4/c1-29-21-11-10-17(25)13-20(21)26-22(27)14-30-24(28)23-18-8-4-2-6-15(18)12-16-7-3-5-9-19(16)23/h2-13H,14H2,1H3,(H,26,27). The zero-order valence-electron chi connectivity index (χ0n) is 16.1. The van der Waals surface area contributed by atoms with E-state index in [0.717, 1.165) is 21.5 Å². The van der Waals surface area contributed by atoms with E-state index >= 15 is 0 Å². The van der Waals surface area contributed by atoms with Crippen LogP contribution in [0.1, 0.15) is 10.4 Å². The molecule has 0 unspecified atom stereocenters. The summed E-state index contributed by atoms with van der Waals surface area (Å²) in [7, 11) is 1.49. The van der Waals surface area contributed by atoms with Crippen molar-refractivity contribution in [1.82, 2.24) is 0 Å². The van der Waals surface area contributed by atoms with E-state index in [0.29, 0.717) is 22.0 Å². The number of methoxy groups -OCH3 is 1. The zero-order valence-corrected chi connectivity index (χ0v) is 16.9. The SMILES string of the molecule is COc1ccc(Cl)cc1NC(=O)COC(=O)c1c2ccccc2cc2ccccc12. The predicted molar refractivity (Wildman–Crippen MR) is 118 cm³/mol. The Hall–Kier alpha value is -3.57. The normalized spacial score (nSPS) is 10.7. The minimum atomic E-state index is -0.559. The van der Waals surface area contributed by atoms with Crippen molar-refractivity contribution in [3.63, 3.8) is 0 Å². The Morgan fingerprint density at radius 3 is 2.17 bits per heavy atom. The van der Waals surface area contributed by atoms with E-state index in [-0.39, 0.29) is 0 Å². The van der Waals surface area contributed by atoms with Gasteiger partial charge in [-0.1, -0.05) is 60.1 Å². The molecule has 0 aromatic heterocycles. The van der Waals surface area contributed by atoms with Crippen LogP contribution in [0.25, 0.3) is 21.5 Å². The first kappa shape index (κ1) is 19.7. The highest BCUT2D eigenvalue weighted by atomic mass is 35.5. The van der Waals surface area contributed by atoms with Crippen LogP contribution in [-0.4, -0.2) is 25.6 Å². The Bertz CT molecular complexity index is 1210. The Balaban J connectivity index is 1.58. The van der Waals surface area contributed by atoms with E-state index in [1.54, 1.807) is 18.2 Å². The van der Waals surface area contributed by atoms with Gasteiger partial charge in [0.1, 0.15) is 5.75 Å². The predicted octanol–water partition coefficient (Wildman–Crippen LogP) is 5.45. The summed E-state index contributed by atoms with van der Waals surface area (Å²) < 4.78 is 10.6. The summed E-state index contributed by atoms with van der Waals surface area (Å²) in [6.07, 6.45) is 0. The summed E-state index contributed by atoms with van der Waals surface area (Å²) >= 11 is 5.98. The average Bonchev–Trinajstić information content (AvgIpc) is 2.76. The minimum absolute atomic E-state index is 0.404. The van der Waals surface area contributed by atoms with Crippen molar-refractivity contribution in [2.45, 2.75) is 0 Å². The van der Waals surface area contributed by atoms with Crippen molar-refractivity contribution in [2.24, 2.45) is 0 Å². The minimum Gasteiger partial charge on any atom is -0.495 e. The number of nitrogens with one attached hydrogen (secondary N) is 1. The van der Waals surface area contributed by atoms with E-state index < -0.39 is 18.5 Å². The quantitative estimate of drug-likeness (QED) is 0.345. The van der Waals surface area contributed by atoms with E-state index in [9.17, 15) is 9.59 Å². The van der Waals surface area contributed by atoms with Gasteiger partial charge < -0.3 is 14.8 Å². The van der Waals surface area contributed by atoms with Gasteiger partial charge in [-0.2, -0.15) is 0 Å². The van der Waals surface area contributed by atoms with Crippen LogP contribution in [0.2, 0.25) is 5.02 Å². The number of halogens is 1. The number of benzene rings is 4. The highest BCUT2D eigenvalue weighted by Gasteiger charge is 2.18. The second-order valence-electron chi connectivity index (χ2n) is 6.66. The molecule has 30 heavy (non-hydrogen) atoms. The van der Waals surface area contributed by atoms with Gasteiger partial charge in [-0.05, 0) is 45.8 Å². The molecule has 1 N–H and O–H groups in total. The van der Waals surface area contributed by atoms with Gasteiger partial charge in [-0.3, -0.25) is 4.79 Å². The highest BCUT2D eigenvalue weighted by molar-refractivity contribution is 6.31. The monoisotopic (exact) mass is 419 g/mol. The van der Waals surface area contributed by atoms with Crippen LogP contribution in [0, 0.1) is 0 Å². The molecule has 1 amide bonds. The first-order chi connectivity index (χ1) is 14.6. The molecule has 0 spiro atoms. The molecule has 0 saturated heterocycles. The first-order valence-corrected chi connectivity index (χ1v) is 9.65. The van der Waals surface area contributed by atoms with Gasteiger partial charge >= 0.3 is 5.97 Å². The number of anilines is 1. The molecule has 6 heteroatoms. The second-order valence-corrected chi connectivity index (χ2v) is 7.10. The van der Waals surface area contributed by atoms with Crippen molar-refractivity contribution in [3.8, 4) is 5.75 Å². The van der Waals surface area contributed by atoms with Crippen molar-refractivity contribution in [1.29, 1.82) is 0 Å². The maximum Gasteiger partial charge on any atom is 0.339 e. The molecular formula is C24H18ClNO4. The zero-order chi connectivity index (χ0) is 21.1. The van der Waals surface area contributed by atoms with Gasteiger partial charge in [0.2, 0.25) is 0 Å². The maximum absolute atomic E-state index is 13.0. The Morgan fingerprint density at radius 1 is 0.900 bits per heavy atom. The van der Waals surface area contributed by atoms with Gasteiger partial charge in [0.05, 0.1) is 18.4 Å². The lowest BCUT2D eigenvalue weighted by Gasteiger charge is -2.13. The van der Waals surface area contributed by atoms with Gasteiger partial charge in [-0.15, -0.1) is 0 Å². The third-order valence-corrected chi connectivity index (χ3v) is 4.98.